The van der Waals surface area contributed by atoms with Crippen LogP contribution < -0.4 is 10.5 Å². The minimum absolute atomic E-state index is 0.219. The van der Waals surface area contributed by atoms with E-state index in [-0.39, 0.29) is 6.10 Å². The molecule has 0 aromatic heterocycles. The lowest BCUT2D eigenvalue weighted by atomic mass is 10.2. The van der Waals surface area contributed by atoms with E-state index in [4.69, 9.17) is 19.9 Å². The van der Waals surface area contributed by atoms with Crippen LogP contribution in [0.15, 0.2) is 18.2 Å². The minimum atomic E-state index is 0.219. The summed E-state index contributed by atoms with van der Waals surface area (Å²) in [6.07, 6.45) is 0.219. The van der Waals surface area contributed by atoms with Gasteiger partial charge in [-0.25, -0.2) is 0 Å². The number of ether oxygens (including phenoxy) is 3. The van der Waals surface area contributed by atoms with Crippen molar-refractivity contribution in [2.45, 2.75) is 12.7 Å². The Bertz CT molecular complexity index is 337. The third-order valence-corrected chi connectivity index (χ3v) is 2.39. The molecule has 82 valence electrons. The van der Waals surface area contributed by atoms with Gasteiger partial charge in [-0.2, -0.15) is 0 Å². The lowest BCUT2D eigenvalue weighted by Crippen LogP contribution is -2.35. The molecule has 1 aliphatic rings. The Morgan fingerprint density at radius 3 is 2.87 bits per heavy atom. The number of methoxy groups -OCH3 is 1. The highest BCUT2D eigenvalue weighted by Crippen LogP contribution is 2.22. The first kappa shape index (κ1) is 10.3. The fourth-order valence-electron chi connectivity index (χ4n) is 1.43. The summed E-state index contributed by atoms with van der Waals surface area (Å²) in [6.45, 7) is 1.89. The quantitative estimate of drug-likeness (QED) is 0.757. The van der Waals surface area contributed by atoms with E-state index in [9.17, 15) is 0 Å². The molecule has 15 heavy (non-hydrogen) atoms. The second kappa shape index (κ2) is 4.51. The van der Waals surface area contributed by atoms with Gasteiger partial charge in [-0.3, -0.25) is 0 Å². The van der Waals surface area contributed by atoms with Crippen LogP contribution in [0.4, 0.5) is 5.69 Å². The Labute approximate surface area is 88.9 Å². The number of benzene rings is 1. The highest BCUT2D eigenvalue weighted by molar-refractivity contribution is 5.47. The molecule has 1 aromatic carbocycles. The third kappa shape index (κ3) is 2.40. The van der Waals surface area contributed by atoms with Crippen molar-refractivity contribution in [3.63, 3.8) is 0 Å². The largest absolute Gasteiger partial charge is 0.496 e. The second-order valence-corrected chi connectivity index (χ2v) is 3.54. The van der Waals surface area contributed by atoms with E-state index >= 15 is 0 Å². The lowest BCUT2D eigenvalue weighted by Gasteiger charge is -2.26. The van der Waals surface area contributed by atoms with Crippen molar-refractivity contribution in [3.05, 3.63) is 23.8 Å². The van der Waals surface area contributed by atoms with E-state index < -0.39 is 0 Å². The zero-order valence-corrected chi connectivity index (χ0v) is 8.73. The maximum atomic E-state index is 5.70. The third-order valence-electron chi connectivity index (χ3n) is 2.39. The zero-order chi connectivity index (χ0) is 10.7. The Morgan fingerprint density at radius 2 is 2.27 bits per heavy atom. The topological polar surface area (TPSA) is 53.7 Å². The predicted molar refractivity (Wildman–Crippen MR) is 56.8 cm³/mol. The molecule has 1 heterocycles. The predicted octanol–water partition coefficient (Wildman–Crippen LogP) is 1.19. The molecule has 0 radical (unpaired) electrons. The van der Waals surface area contributed by atoms with Crippen molar-refractivity contribution in [2.75, 3.05) is 26.1 Å². The van der Waals surface area contributed by atoms with E-state index in [0.29, 0.717) is 19.8 Å². The van der Waals surface area contributed by atoms with Crippen LogP contribution in [0.25, 0.3) is 0 Å². The number of nitrogens with two attached hydrogens (primary N) is 1. The standard InChI is InChI=1S/C11H15NO3/c1-13-11-3-2-9(12)4-8(11)5-15-10-6-14-7-10/h2-4,10H,5-7,12H2,1H3. The Kier molecular flexibility index (Phi) is 3.08. The minimum Gasteiger partial charge on any atom is -0.496 e. The summed E-state index contributed by atoms with van der Waals surface area (Å²) in [5, 5.41) is 0. The van der Waals surface area contributed by atoms with Crippen LogP contribution in [-0.4, -0.2) is 26.4 Å². The highest BCUT2D eigenvalue weighted by atomic mass is 16.6. The number of nitrogen functional groups attached to an aromatic ring is 1. The molecule has 1 aliphatic heterocycles. The van der Waals surface area contributed by atoms with Gasteiger partial charge in [0.2, 0.25) is 0 Å². The summed E-state index contributed by atoms with van der Waals surface area (Å²) < 4.78 is 15.8. The van der Waals surface area contributed by atoms with E-state index in [1.165, 1.54) is 0 Å². The average molecular weight is 209 g/mol. The molecule has 0 amide bonds. The van der Waals surface area contributed by atoms with Crippen molar-refractivity contribution in [1.82, 2.24) is 0 Å². The first-order valence-corrected chi connectivity index (χ1v) is 4.91. The molecule has 1 aromatic rings. The van der Waals surface area contributed by atoms with Crippen LogP contribution in [0.5, 0.6) is 5.75 Å². The molecule has 2 rings (SSSR count). The summed E-state index contributed by atoms with van der Waals surface area (Å²) in [4.78, 5) is 0. The van der Waals surface area contributed by atoms with Crippen LogP contribution in [0.1, 0.15) is 5.56 Å². The molecule has 1 fully saturated rings. The molecular formula is C11H15NO3. The van der Waals surface area contributed by atoms with Crippen molar-refractivity contribution in [3.8, 4) is 5.75 Å². The van der Waals surface area contributed by atoms with Crippen LogP contribution in [-0.2, 0) is 16.1 Å². The van der Waals surface area contributed by atoms with E-state index in [2.05, 4.69) is 0 Å². The first-order valence-electron chi connectivity index (χ1n) is 4.91. The number of rotatable bonds is 4. The Morgan fingerprint density at radius 1 is 1.47 bits per heavy atom. The fourth-order valence-corrected chi connectivity index (χ4v) is 1.43. The van der Waals surface area contributed by atoms with Gasteiger partial charge in [-0.05, 0) is 18.2 Å². The fraction of sp³-hybridized carbons (Fsp3) is 0.455. The zero-order valence-electron chi connectivity index (χ0n) is 8.73. The lowest BCUT2D eigenvalue weighted by molar-refractivity contribution is -0.135. The van der Waals surface area contributed by atoms with Crippen molar-refractivity contribution in [1.29, 1.82) is 0 Å². The number of hydrogen-bond donors (Lipinski definition) is 1. The van der Waals surface area contributed by atoms with Crippen LogP contribution >= 0.6 is 0 Å². The van der Waals surface area contributed by atoms with Gasteiger partial charge in [0.05, 0.1) is 26.9 Å². The molecule has 1 saturated heterocycles. The van der Waals surface area contributed by atoms with Gasteiger partial charge in [-0.1, -0.05) is 0 Å². The second-order valence-electron chi connectivity index (χ2n) is 3.54. The van der Waals surface area contributed by atoms with Crippen LogP contribution in [0.2, 0.25) is 0 Å². The Hall–Kier alpha value is -1.26. The molecule has 0 saturated carbocycles. The summed E-state index contributed by atoms with van der Waals surface area (Å²) in [5.41, 5.74) is 7.40. The van der Waals surface area contributed by atoms with Crippen molar-refractivity contribution in [2.24, 2.45) is 0 Å². The van der Waals surface area contributed by atoms with Gasteiger partial charge in [0.15, 0.2) is 0 Å². The van der Waals surface area contributed by atoms with Gasteiger partial charge in [0.1, 0.15) is 11.9 Å². The molecular weight excluding hydrogens is 194 g/mol. The van der Waals surface area contributed by atoms with E-state index in [0.717, 1.165) is 17.0 Å². The molecule has 0 aliphatic carbocycles. The van der Waals surface area contributed by atoms with Crippen molar-refractivity contribution < 1.29 is 14.2 Å². The molecule has 4 nitrogen and oxygen atoms in total. The van der Waals surface area contributed by atoms with Gasteiger partial charge in [0, 0.05) is 11.3 Å². The summed E-state index contributed by atoms with van der Waals surface area (Å²) >= 11 is 0. The molecule has 0 unspecified atom stereocenters. The van der Waals surface area contributed by atoms with Crippen molar-refractivity contribution >= 4 is 5.69 Å². The maximum Gasteiger partial charge on any atom is 0.124 e. The maximum absolute atomic E-state index is 5.70. The van der Waals surface area contributed by atoms with E-state index in [1.807, 2.05) is 18.2 Å². The normalized spacial score (nSPS) is 16.1. The van der Waals surface area contributed by atoms with Gasteiger partial charge in [-0.15, -0.1) is 0 Å². The summed E-state index contributed by atoms with van der Waals surface area (Å²) in [7, 11) is 1.64. The van der Waals surface area contributed by atoms with Crippen LogP contribution in [0, 0.1) is 0 Å². The summed E-state index contributed by atoms with van der Waals surface area (Å²) in [5.74, 6) is 0.810. The molecule has 2 N–H and O–H groups in total. The van der Waals surface area contributed by atoms with Gasteiger partial charge < -0.3 is 19.9 Å². The SMILES string of the molecule is COc1ccc(N)cc1COC1COC1. The van der Waals surface area contributed by atoms with Gasteiger partial charge in [0.25, 0.3) is 0 Å². The smallest absolute Gasteiger partial charge is 0.124 e. The molecule has 0 bridgehead atoms. The van der Waals surface area contributed by atoms with Gasteiger partial charge >= 0.3 is 0 Å². The van der Waals surface area contributed by atoms with Crippen LogP contribution in [0.3, 0.4) is 0 Å². The Balaban J connectivity index is 2.00. The first-order chi connectivity index (χ1) is 7.29. The molecule has 4 heteroatoms. The van der Waals surface area contributed by atoms with E-state index in [1.54, 1.807) is 7.11 Å². The number of anilines is 1. The highest BCUT2D eigenvalue weighted by Gasteiger charge is 2.19. The average Bonchev–Trinajstić information content (AvgIpc) is 2.16. The monoisotopic (exact) mass is 209 g/mol. The molecule has 0 spiro atoms. The number of hydrogen-bond acceptors (Lipinski definition) is 4. The summed E-state index contributed by atoms with van der Waals surface area (Å²) in [6, 6.07) is 5.54. The molecule has 0 atom stereocenters.